The number of pyridine rings is 2. The van der Waals surface area contributed by atoms with E-state index >= 15 is 0 Å². The Kier molecular flexibility index (Phi) is 4.58. The van der Waals surface area contributed by atoms with Gasteiger partial charge < -0.3 is 4.42 Å². The van der Waals surface area contributed by atoms with Crippen molar-refractivity contribution in [2.45, 2.75) is 26.7 Å². The van der Waals surface area contributed by atoms with Crippen molar-refractivity contribution in [3.05, 3.63) is 83.9 Å². The summed E-state index contributed by atoms with van der Waals surface area (Å²) < 4.78 is 22.8. The van der Waals surface area contributed by atoms with Crippen LogP contribution in [0.4, 0.5) is 4.39 Å². The summed E-state index contributed by atoms with van der Waals surface area (Å²) in [6.07, 6.45) is 1.97. The highest BCUT2D eigenvalue weighted by atomic mass is 19.1. The summed E-state index contributed by atoms with van der Waals surface area (Å²) in [6.45, 7) is 6.33. The van der Waals surface area contributed by atoms with Gasteiger partial charge in [0.05, 0.1) is 5.56 Å². The minimum absolute atomic E-state index is 0.230. The molecule has 0 radical (unpaired) electrons. The Labute approximate surface area is 180 Å². The van der Waals surface area contributed by atoms with E-state index in [9.17, 15) is 4.39 Å². The zero-order valence-electron chi connectivity index (χ0n) is 18.1. The number of hydrogen-bond donors (Lipinski definition) is 0. The van der Waals surface area contributed by atoms with Crippen LogP contribution in [0, 0.1) is 12.7 Å². The first-order valence-electron chi connectivity index (χ1n) is 10.5. The summed E-state index contributed by atoms with van der Waals surface area (Å²) in [5, 5.41) is 2.04. The lowest BCUT2D eigenvalue weighted by atomic mass is 9.98. The number of benzene rings is 2. The van der Waals surface area contributed by atoms with Gasteiger partial charge in [0.1, 0.15) is 12.9 Å². The predicted octanol–water partition coefficient (Wildman–Crippen LogP) is 6.71. The predicted molar refractivity (Wildman–Crippen MR) is 122 cm³/mol. The van der Waals surface area contributed by atoms with Gasteiger partial charge in [-0.3, -0.25) is 0 Å². The maximum absolute atomic E-state index is 14.5. The van der Waals surface area contributed by atoms with Crippen LogP contribution in [0.1, 0.15) is 31.0 Å². The first-order valence-corrected chi connectivity index (χ1v) is 10.5. The molecule has 0 saturated heterocycles. The van der Waals surface area contributed by atoms with E-state index in [1.165, 1.54) is 6.07 Å². The molecule has 5 rings (SSSR count). The quantitative estimate of drug-likeness (QED) is 0.309. The first kappa shape index (κ1) is 19.4. The Hall–Kier alpha value is -3.53. The van der Waals surface area contributed by atoms with Crippen molar-refractivity contribution in [2.24, 2.45) is 7.05 Å². The van der Waals surface area contributed by atoms with Crippen LogP contribution in [-0.4, -0.2) is 4.98 Å². The van der Waals surface area contributed by atoms with Crippen LogP contribution in [0.5, 0.6) is 0 Å². The zero-order valence-corrected chi connectivity index (χ0v) is 18.1. The number of furan rings is 1. The summed E-state index contributed by atoms with van der Waals surface area (Å²) in [4.78, 5) is 4.75. The van der Waals surface area contributed by atoms with Crippen LogP contribution in [0.25, 0.3) is 44.5 Å². The Morgan fingerprint density at radius 2 is 1.74 bits per heavy atom. The van der Waals surface area contributed by atoms with E-state index in [0.29, 0.717) is 17.2 Å². The van der Waals surface area contributed by atoms with Crippen molar-refractivity contribution in [3.63, 3.8) is 0 Å². The molecule has 0 N–H and O–H groups in total. The zero-order chi connectivity index (χ0) is 21.7. The van der Waals surface area contributed by atoms with Crippen LogP contribution in [0.15, 0.2) is 71.3 Å². The molecule has 0 aliphatic rings. The number of halogens is 1. The highest BCUT2D eigenvalue weighted by Crippen LogP contribution is 2.37. The van der Waals surface area contributed by atoms with Crippen LogP contribution in [0.2, 0.25) is 0 Å². The van der Waals surface area contributed by atoms with Gasteiger partial charge in [-0.2, -0.15) is 0 Å². The maximum Gasteiger partial charge on any atom is 0.227 e. The lowest BCUT2D eigenvalue weighted by Crippen LogP contribution is -2.30. The third kappa shape index (κ3) is 3.19. The molecular formula is C27H24FN2O+. The maximum atomic E-state index is 14.5. The highest BCUT2D eigenvalue weighted by molar-refractivity contribution is 6.08. The fourth-order valence-electron chi connectivity index (χ4n) is 4.15. The summed E-state index contributed by atoms with van der Waals surface area (Å²) in [6, 6.07) is 19.2. The van der Waals surface area contributed by atoms with Gasteiger partial charge in [0, 0.05) is 34.2 Å². The second-order valence-electron chi connectivity index (χ2n) is 8.37. The molecule has 5 aromatic rings. The Balaban J connectivity index is 1.78. The summed E-state index contributed by atoms with van der Waals surface area (Å²) in [5.41, 5.74) is 6.95. The van der Waals surface area contributed by atoms with Crippen molar-refractivity contribution < 1.29 is 13.4 Å². The number of hydrogen-bond acceptors (Lipinski definition) is 2. The molecule has 3 nitrogen and oxygen atoms in total. The van der Waals surface area contributed by atoms with Gasteiger partial charge in [0.25, 0.3) is 0 Å². The van der Waals surface area contributed by atoms with Crippen LogP contribution >= 0.6 is 0 Å². The Morgan fingerprint density at radius 1 is 0.968 bits per heavy atom. The molecule has 0 spiro atoms. The molecule has 3 heterocycles. The average molecular weight is 412 g/mol. The van der Waals surface area contributed by atoms with E-state index in [4.69, 9.17) is 9.40 Å². The summed E-state index contributed by atoms with van der Waals surface area (Å²) in [5.74, 6) is 0.0976. The standard InChI is InChI=1S/C27H24FN2O/c1-16(2)23-12-11-21-20-10-9-17(3)25(26(20)31-27(21)29-23)24-15-18(13-14-30(24)4)19-7-5-6-8-22(19)28/h5-16H,1-4H3/q+1. The highest BCUT2D eigenvalue weighted by Gasteiger charge is 2.22. The van der Waals surface area contributed by atoms with Crippen LogP contribution in [-0.2, 0) is 7.05 Å². The van der Waals surface area contributed by atoms with E-state index < -0.39 is 0 Å². The molecular weight excluding hydrogens is 387 g/mol. The van der Waals surface area contributed by atoms with Crippen molar-refractivity contribution in [2.75, 3.05) is 0 Å². The number of fused-ring (bicyclic) bond motifs is 3. The summed E-state index contributed by atoms with van der Waals surface area (Å²) >= 11 is 0. The SMILES string of the molecule is Cc1ccc2c(oc3nc(C(C)C)ccc32)c1-c1cc(-c2ccccc2F)cc[n+]1C. The van der Waals surface area contributed by atoms with Crippen molar-refractivity contribution in [1.29, 1.82) is 0 Å². The molecule has 0 aliphatic carbocycles. The monoisotopic (exact) mass is 411 g/mol. The van der Waals surface area contributed by atoms with Gasteiger partial charge >= 0.3 is 0 Å². The van der Waals surface area contributed by atoms with E-state index in [1.807, 2.05) is 36.0 Å². The second-order valence-corrected chi connectivity index (χ2v) is 8.37. The van der Waals surface area contributed by atoms with E-state index in [-0.39, 0.29) is 5.82 Å². The average Bonchev–Trinajstić information content (AvgIpc) is 3.12. The molecule has 154 valence electrons. The normalized spacial score (nSPS) is 11.7. The Morgan fingerprint density at radius 3 is 2.52 bits per heavy atom. The second kappa shape index (κ2) is 7.31. The summed E-state index contributed by atoms with van der Waals surface area (Å²) in [7, 11) is 2.00. The lowest BCUT2D eigenvalue weighted by molar-refractivity contribution is -0.660. The molecule has 0 bridgehead atoms. The fraction of sp³-hybridized carbons (Fsp3) is 0.185. The van der Waals surface area contributed by atoms with Gasteiger partial charge in [-0.1, -0.05) is 44.2 Å². The molecule has 4 heteroatoms. The van der Waals surface area contributed by atoms with Gasteiger partial charge in [0.2, 0.25) is 11.4 Å². The molecule has 31 heavy (non-hydrogen) atoms. The molecule has 0 atom stereocenters. The fourth-order valence-corrected chi connectivity index (χ4v) is 4.15. The molecule has 3 aromatic heterocycles. The van der Waals surface area contributed by atoms with Crippen LogP contribution < -0.4 is 4.57 Å². The van der Waals surface area contributed by atoms with E-state index in [0.717, 1.165) is 44.4 Å². The molecule has 0 fully saturated rings. The molecule has 0 unspecified atom stereocenters. The van der Waals surface area contributed by atoms with E-state index in [2.05, 4.69) is 45.0 Å². The number of nitrogens with zero attached hydrogens (tertiary/aromatic N) is 2. The topological polar surface area (TPSA) is 29.9 Å². The third-order valence-electron chi connectivity index (χ3n) is 5.92. The van der Waals surface area contributed by atoms with Gasteiger partial charge in [-0.15, -0.1) is 0 Å². The van der Waals surface area contributed by atoms with Gasteiger partial charge in [0.15, 0.2) is 11.8 Å². The third-order valence-corrected chi connectivity index (χ3v) is 5.92. The molecule has 2 aromatic carbocycles. The van der Waals surface area contributed by atoms with Crippen molar-refractivity contribution in [1.82, 2.24) is 4.98 Å². The minimum Gasteiger partial charge on any atom is -0.437 e. The molecule has 0 saturated carbocycles. The van der Waals surface area contributed by atoms with Crippen molar-refractivity contribution >= 4 is 22.1 Å². The first-order chi connectivity index (χ1) is 14.9. The minimum atomic E-state index is -0.230. The van der Waals surface area contributed by atoms with Gasteiger partial charge in [-0.25, -0.2) is 13.9 Å². The smallest absolute Gasteiger partial charge is 0.227 e. The van der Waals surface area contributed by atoms with Crippen molar-refractivity contribution in [3.8, 4) is 22.4 Å². The number of rotatable bonds is 3. The largest absolute Gasteiger partial charge is 0.437 e. The lowest BCUT2D eigenvalue weighted by Gasteiger charge is -2.08. The number of aromatic nitrogens is 2. The van der Waals surface area contributed by atoms with Gasteiger partial charge in [-0.05, 0) is 42.2 Å². The van der Waals surface area contributed by atoms with Crippen LogP contribution in [0.3, 0.4) is 0 Å². The number of aryl methyl sites for hydroxylation is 2. The van der Waals surface area contributed by atoms with E-state index in [1.54, 1.807) is 12.1 Å². The molecule has 0 aliphatic heterocycles. The molecule has 0 amide bonds. The Bertz CT molecular complexity index is 1450.